The van der Waals surface area contributed by atoms with E-state index in [1.807, 2.05) is 89.7 Å². The molecule has 2 aliphatic rings. The maximum atomic E-state index is 11.2. The van der Waals surface area contributed by atoms with Crippen molar-refractivity contribution in [2.24, 2.45) is 0 Å². The van der Waals surface area contributed by atoms with Gasteiger partial charge in [-0.05, 0) is 48.3 Å². The summed E-state index contributed by atoms with van der Waals surface area (Å²) in [5.74, 6) is 0.396. The molecule has 0 amide bonds. The molecule has 9 nitrogen and oxygen atoms in total. The van der Waals surface area contributed by atoms with Gasteiger partial charge in [-0.2, -0.15) is 8.42 Å². The molecule has 0 unspecified atom stereocenters. The van der Waals surface area contributed by atoms with Crippen LogP contribution in [0.2, 0.25) is 0 Å². The number of unbranched alkanes of at least 4 members (excludes halogenated alkanes) is 1. The molecule has 2 aliphatic heterocycles. The van der Waals surface area contributed by atoms with Crippen molar-refractivity contribution >= 4 is 56.5 Å². The Morgan fingerprint density at radius 3 is 1.95 bits per heavy atom. The molecular weight excluding hydrogens is 626 g/mol. The zero-order chi connectivity index (χ0) is 29.4. The van der Waals surface area contributed by atoms with Gasteiger partial charge >= 0.3 is 19.5 Å². The summed E-state index contributed by atoms with van der Waals surface area (Å²) in [6, 6.07) is 21.8. The van der Waals surface area contributed by atoms with E-state index in [9.17, 15) is 8.42 Å². The summed E-state index contributed by atoms with van der Waals surface area (Å²) in [4.78, 5) is 24.4. The smallest absolute Gasteiger partial charge is 0.657 e. The monoisotopic (exact) mass is 650 g/mol. The van der Waals surface area contributed by atoms with Crippen molar-refractivity contribution in [1.82, 2.24) is 29.5 Å². The second-order valence-corrected chi connectivity index (χ2v) is 11.9. The first kappa shape index (κ1) is 29.6. The van der Waals surface area contributed by atoms with Gasteiger partial charge in [0.2, 0.25) is 0 Å². The molecule has 44 heavy (non-hydrogen) atoms. The first-order chi connectivity index (χ1) is 20.9. The first-order valence-electron chi connectivity index (χ1n) is 13.9. The molecule has 11 heteroatoms. The second kappa shape index (κ2) is 12.3. The summed E-state index contributed by atoms with van der Waals surface area (Å²) in [7, 11) is -4.00. The number of aromatic nitrogens is 6. The van der Waals surface area contributed by atoms with Crippen LogP contribution in [-0.4, -0.2) is 38.2 Å². The molecule has 0 spiro atoms. The number of rotatable bonds is 7. The van der Waals surface area contributed by atoms with Crippen molar-refractivity contribution in [2.45, 2.75) is 19.4 Å². The molecule has 8 bridgehead atoms. The van der Waals surface area contributed by atoms with E-state index in [-0.39, 0.29) is 25.2 Å². The van der Waals surface area contributed by atoms with Crippen LogP contribution in [0.15, 0.2) is 79.1 Å². The van der Waals surface area contributed by atoms with Crippen LogP contribution in [-0.2, 0) is 36.1 Å². The van der Waals surface area contributed by atoms with E-state index in [2.05, 4.69) is 17.1 Å². The van der Waals surface area contributed by atoms with Gasteiger partial charge in [-0.3, -0.25) is 4.55 Å². The molecule has 0 fully saturated rings. The molecule has 0 aliphatic carbocycles. The summed E-state index contributed by atoms with van der Waals surface area (Å²) < 4.78 is 33.4. The first-order valence-corrected chi connectivity index (χ1v) is 15.5. The predicted molar refractivity (Wildman–Crippen MR) is 169 cm³/mol. The predicted octanol–water partition coefficient (Wildman–Crippen LogP) is 6.11. The van der Waals surface area contributed by atoms with Gasteiger partial charge in [0, 0.05) is 24.5 Å². The van der Waals surface area contributed by atoms with Crippen molar-refractivity contribution in [1.29, 1.82) is 0 Å². The van der Waals surface area contributed by atoms with E-state index in [0.29, 0.717) is 36.2 Å². The van der Waals surface area contributed by atoms with E-state index >= 15 is 0 Å². The van der Waals surface area contributed by atoms with E-state index in [1.54, 1.807) is 6.20 Å². The molecule has 4 aromatic heterocycles. The molecule has 6 heterocycles. The molecule has 0 atom stereocenters. The maximum Gasteiger partial charge on any atom is 2.00 e. The third-order valence-electron chi connectivity index (χ3n) is 7.32. The Morgan fingerprint density at radius 2 is 1.36 bits per heavy atom. The largest absolute Gasteiger partial charge is 2.00 e. The minimum atomic E-state index is -4.00. The number of hydrogen-bond donors (Lipinski definition) is 1. The number of nitrogens with zero attached hydrogens (tertiary/aromatic N) is 6. The Bertz CT molecular complexity index is 2080. The van der Waals surface area contributed by atoms with Crippen molar-refractivity contribution in [3.63, 3.8) is 0 Å². The summed E-state index contributed by atoms with van der Waals surface area (Å²) in [5.41, 5.74) is 8.92. The van der Waals surface area contributed by atoms with E-state index in [1.165, 1.54) is 0 Å². The normalized spacial score (nSPS) is 12.4. The number of fused-ring (bicyclic) bond motifs is 8. The zero-order valence-corrected chi connectivity index (χ0v) is 27.5. The third-order valence-corrected chi connectivity index (χ3v) is 8.12. The summed E-state index contributed by atoms with van der Waals surface area (Å²) >= 11 is 0. The Labute approximate surface area is 267 Å². The fourth-order valence-electron chi connectivity index (χ4n) is 5.37. The van der Waals surface area contributed by atoms with Crippen molar-refractivity contribution in [3.8, 4) is 22.5 Å². The zero-order valence-electron chi connectivity index (χ0n) is 23.7. The van der Waals surface area contributed by atoms with Crippen molar-refractivity contribution in [2.75, 3.05) is 5.75 Å². The van der Waals surface area contributed by atoms with Crippen LogP contribution in [0.1, 0.15) is 35.6 Å². The SMILES string of the molecule is O=S(=O)(O)CCCCn1ccnc1-c1c2ccc(cc3nc(c(-c4ccccc4)c4nc(cc5ccc1[n-]5)C=C4)C=C3)[n-]2.[Zn+2]. The summed E-state index contributed by atoms with van der Waals surface area (Å²) in [6.07, 6.45) is 12.4. The Morgan fingerprint density at radius 1 is 0.750 bits per heavy atom. The molecule has 214 valence electrons. The number of imidazole rings is 1. The number of aryl methyl sites for hydroxylation is 1. The van der Waals surface area contributed by atoms with Gasteiger partial charge in [-0.1, -0.05) is 66.7 Å². The van der Waals surface area contributed by atoms with E-state index in [4.69, 9.17) is 24.5 Å². The number of hydrogen-bond acceptors (Lipinski definition) is 5. The Kier molecular flexibility index (Phi) is 8.27. The molecule has 0 radical (unpaired) electrons. The van der Waals surface area contributed by atoms with Gasteiger partial charge in [-0.25, -0.2) is 15.0 Å². The average Bonchev–Trinajstić information content (AvgIpc) is 3.82. The van der Waals surface area contributed by atoms with Gasteiger partial charge in [0.15, 0.2) is 0 Å². The maximum absolute atomic E-state index is 11.2. The van der Waals surface area contributed by atoms with Gasteiger partial charge < -0.3 is 14.5 Å². The number of benzene rings is 1. The van der Waals surface area contributed by atoms with Gasteiger partial charge in [0.25, 0.3) is 10.1 Å². The average molecular weight is 652 g/mol. The van der Waals surface area contributed by atoms with Crippen molar-refractivity contribution < 1.29 is 32.4 Å². The van der Waals surface area contributed by atoms with E-state index in [0.717, 1.165) is 50.5 Å². The second-order valence-electron chi connectivity index (χ2n) is 10.4. The summed E-state index contributed by atoms with van der Waals surface area (Å²) in [5, 5.41) is 0. The minimum absolute atomic E-state index is 0. The molecule has 7 rings (SSSR count). The van der Waals surface area contributed by atoms with Crippen LogP contribution in [0.25, 0.3) is 68.9 Å². The van der Waals surface area contributed by atoms with Crippen LogP contribution < -0.4 is 9.97 Å². The fourth-order valence-corrected chi connectivity index (χ4v) is 5.94. The third kappa shape index (κ3) is 6.26. The molecule has 0 saturated carbocycles. The van der Waals surface area contributed by atoms with Crippen LogP contribution in [0.3, 0.4) is 0 Å². The minimum Gasteiger partial charge on any atom is -0.657 e. The van der Waals surface area contributed by atoms with Gasteiger partial charge in [0.1, 0.15) is 5.82 Å². The quantitative estimate of drug-likeness (QED) is 0.124. The van der Waals surface area contributed by atoms with Crippen LogP contribution in [0.4, 0.5) is 0 Å². The molecule has 0 saturated heterocycles. The van der Waals surface area contributed by atoms with E-state index < -0.39 is 10.1 Å². The van der Waals surface area contributed by atoms with Crippen LogP contribution in [0, 0.1) is 0 Å². The Balaban J connectivity index is 0.00000343. The standard InChI is InChI=1S/C33H26N6O3S.Zn/c40-43(41,42)19-5-4-17-39-18-16-34-33(39)32-29-14-10-25(37-29)20-23-8-12-27(35-23)31(22-6-2-1-3-7-22)28-13-9-24(36-28)21-26-11-15-30(32)38-26;/h1-3,6-16,18,20-21H,4-5,17,19H2,(H,40,41,42);/q-2;+2. The van der Waals surface area contributed by atoms with Gasteiger partial charge in [-0.15, -0.1) is 22.1 Å². The van der Waals surface area contributed by atoms with Gasteiger partial charge in [0.05, 0.1) is 28.5 Å². The molecule has 5 aromatic rings. The molecule has 1 aromatic carbocycles. The van der Waals surface area contributed by atoms with Crippen molar-refractivity contribution in [3.05, 3.63) is 102 Å². The molecular formula is C33H26N6O3SZn. The molecule has 1 N–H and O–H groups in total. The van der Waals surface area contributed by atoms with Crippen LogP contribution >= 0.6 is 0 Å². The van der Waals surface area contributed by atoms with Crippen LogP contribution in [0.5, 0.6) is 0 Å². The summed E-state index contributed by atoms with van der Waals surface area (Å²) in [6.45, 7) is 0.522. The fraction of sp³-hybridized carbons (Fsp3) is 0.121. The topological polar surface area (TPSA) is 126 Å². The Hall–Kier alpha value is -4.44.